The summed E-state index contributed by atoms with van der Waals surface area (Å²) in [6.45, 7) is 6.03. The molecule has 2 amide bonds. The van der Waals surface area contributed by atoms with Crippen LogP contribution in [-0.2, 0) is 11.4 Å². The second-order valence-corrected chi connectivity index (χ2v) is 8.28. The van der Waals surface area contributed by atoms with Gasteiger partial charge in [-0.15, -0.1) is 0 Å². The number of rotatable bonds is 5. The Labute approximate surface area is 173 Å². The van der Waals surface area contributed by atoms with Crippen LogP contribution in [0.1, 0.15) is 38.3 Å². The van der Waals surface area contributed by atoms with E-state index in [2.05, 4.69) is 10.5 Å². The number of carbonyl (C=O) groups is 1. The number of oxime groups is 1. The minimum Gasteiger partial charge on any atom is -0.390 e. The van der Waals surface area contributed by atoms with Crippen LogP contribution < -0.4 is 5.32 Å². The fraction of sp³-hybridized carbons (Fsp3) is 0.364. The molecule has 1 N–H and O–H groups in total. The highest BCUT2D eigenvalue weighted by Gasteiger charge is 2.29. The first-order valence-electron chi connectivity index (χ1n) is 9.60. The summed E-state index contributed by atoms with van der Waals surface area (Å²) in [6, 6.07) is 8.85. The van der Waals surface area contributed by atoms with Gasteiger partial charge in [0, 0.05) is 30.1 Å². The molecule has 0 bridgehead atoms. The lowest BCUT2D eigenvalue weighted by atomic mass is 10.0. The first-order chi connectivity index (χ1) is 14.1. The van der Waals surface area contributed by atoms with Crippen LogP contribution in [-0.4, -0.2) is 34.8 Å². The van der Waals surface area contributed by atoms with Crippen molar-refractivity contribution in [2.24, 2.45) is 5.16 Å². The Morgan fingerprint density at radius 3 is 2.43 bits per heavy atom. The molecule has 2 aromatic rings. The van der Waals surface area contributed by atoms with Gasteiger partial charge in [0.1, 0.15) is 17.5 Å². The largest absolute Gasteiger partial charge is 0.390 e. The van der Waals surface area contributed by atoms with Crippen molar-refractivity contribution in [3.05, 3.63) is 71.0 Å². The molecule has 5 nitrogen and oxygen atoms in total. The van der Waals surface area contributed by atoms with Gasteiger partial charge in [-0.05, 0) is 50.6 Å². The third-order valence-corrected chi connectivity index (χ3v) is 4.45. The number of urea groups is 1. The average Bonchev–Trinajstić information content (AvgIpc) is 3.10. The van der Waals surface area contributed by atoms with Gasteiger partial charge in [0.05, 0.1) is 12.3 Å². The number of benzene rings is 2. The molecule has 0 aliphatic carbocycles. The molecular formula is C22H24F3N3O2. The van der Waals surface area contributed by atoms with Crippen molar-refractivity contribution in [1.29, 1.82) is 0 Å². The van der Waals surface area contributed by atoms with Crippen LogP contribution in [0.4, 0.5) is 18.0 Å². The van der Waals surface area contributed by atoms with Gasteiger partial charge in [-0.3, -0.25) is 0 Å². The lowest BCUT2D eigenvalue weighted by Gasteiger charge is -2.29. The summed E-state index contributed by atoms with van der Waals surface area (Å²) in [6.07, 6.45) is -0.221. The quantitative estimate of drug-likeness (QED) is 0.770. The number of hydrogen-bond acceptors (Lipinski definition) is 3. The first kappa shape index (κ1) is 21.7. The lowest BCUT2D eigenvalue weighted by Crippen LogP contribution is -2.50. The van der Waals surface area contributed by atoms with Gasteiger partial charge in [0.25, 0.3) is 0 Å². The van der Waals surface area contributed by atoms with E-state index in [-0.39, 0.29) is 36.9 Å². The Morgan fingerprint density at radius 1 is 1.13 bits per heavy atom. The van der Waals surface area contributed by atoms with Crippen LogP contribution in [0.3, 0.4) is 0 Å². The first-order valence-corrected chi connectivity index (χ1v) is 9.60. The van der Waals surface area contributed by atoms with Gasteiger partial charge in [-0.25, -0.2) is 18.0 Å². The molecule has 0 radical (unpaired) electrons. The van der Waals surface area contributed by atoms with Gasteiger partial charge in [0.15, 0.2) is 6.10 Å². The van der Waals surface area contributed by atoms with Crippen molar-refractivity contribution < 1.29 is 22.8 Å². The third-order valence-electron chi connectivity index (χ3n) is 4.45. The molecule has 0 saturated heterocycles. The average molecular weight is 419 g/mol. The molecule has 0 spiro atoms. The van der Waals surface area contributed by atoms with E-state index in [4.69, 9.17) is 4.84 Å². The number of amides is 2. The maximum Gasteiger partial charge on any atom is 0.318 e. The van der Waals surface area contributed by atoms with Crippen molar-refractivity contribution in [1.82, 2.24) is 10.2 Å². The summed E-state index contributed by atoms with van der Waals surface area (Å²) in [4.78, 5) is 19.8. The molecule has 1 heterocycles. The van der Waals surface area contributed by atoms with E-state index in [1.165, 1.54) is 18.2 Å². The monoisotopic (exact) mass is 419 g/mol. The van der Waals surface area contributed by atoms with Gasteiger partial charge in [-0.2, -0.15) is 0 Å². The Kier molecular flexibility index (Phi) is 6.34. The van der Waals surface area contributed by atoms with Crippen LogP contribution in [0.25, 0.3) is 0 Å². The van der Waals surface area contributed by atoms with E-state index in [0.717, 1.165) is 17.7 Å². The van der Waals surface area contributed by atoms with Crippen molar-refractivity contribution in [2.75, 3.05) is 6.54 Å². The fourth-order valence-electron chi connectivity index (χ4n) is 3.08. The SMILES string of the molecule is CC(C)(C)NC(=O)N(Cc1ccc(F)cc1)CC1CC(c2ccc(F)cc2F)=NO1. The van der Waals surface area contributed by atoms with Crippen LogP contribution >= 0.6 is 0 Å². The van der Waals surface area contributed by atoms with Gasteiger partial charge in [-0.1, -0.05) is 17.3 Å². The molecule has 160 valence electrons. The molecular weight excluding hydrogens is 395 g/mol. The molecule has 1 unspecified atom stereocenters. The van der Waals surface area contributed by atoms with E-state index in [1.54, 1.807) is 17.0 Å². The van der Waals surface area contributed by atoms with Crippen LogP contribution in [0.15, 0.2) is 47.6 Å². The molecule has 2 aromatic carbocycles. The van der Waals surface area contributed by atoms with Crippen molar-refractivity contribution in [3.63, 3.8) is 0 Å². The number of hydrogen-bond donors (Lipinski definition) is 1. The summed E-state index contributed by atoms with van der Waals surface area (Å²) in [5.74, 6) is -1.74. The van der Waals surface area contributed by atoms with Crippen molar-refractivity contribution in [3.8, 4) is 0 Å². The zero-order valence-electron chi connectivity index (χ0n) is 17.1. The number of nitrogens with one attached hydrogen (secondary N) is 1. The molecule has 0 saturated carbocycles. The van der Waals surface area contributed by atoms with Gasteiger partial charge < -0.3 is 15.1 Å². The van der Waals surface area contributed by atoms with E-state index >= 15 is 0 Å². The van der Waals surface area contributed by atoms with Crippen LogP contribution in [0.5, 0.6) is 0 Å². The van der Waals surface area contributed by atoms with E-state index in [9.17, 15) is 18.0 Å². The predicted octanol–water partition coefficient (Wildman–Crippen LogP) is 4.61. The van der Waals surface area contributed by atoms with E-state index in [0.29, 0.717) is 5.71 Å². The topological polar surface area (TPSA) is 53.9 Å². The Morgan fingerprint density at radius 2 is 1.80 bits per heavy atom. The van der Waals surface area contributed by atoms with Crippen molar-refractivity contribution in [2.45, 2.75) is 45.4 Å². The fourth-order valence-corrected chi connectivity index (χ4v) is 3.08. The van der Waals surface area contributed by atoms with Crippen LogP contribution in [0.2, 0.25) is 0 Å². The molecule has 1 aliphatic heterocycles. The summed E-state index contributed by atoms with van der Waals surface area (Å²) in [7, 11) is 0. The van der Waals surface area contributed by atoms with Crippen molar-refractivity contribution >= 4 is 11.7 Å². The minimum atomic E-state index is -0.716. The highest BCUT2D eigenvalue weighted by atomic mass is 19.1. The highest BCUT2D eigenvalue weighted by molar-refractivity contribution is 6.01. The summed E-state index contributed by atoms with van der Waals surface area (Å²) in [5.41, 5.74) is 0.830. The summed E-state index contributed by atoms with van der Waals surface area (Å²) >= 11 is 0. The van der Waals surface area contributed by atoms with Gasteiger partial charge >= 0.3 is 6.03 Å². The minimum absolute atomic E-state index is 0.170. The Bertz CT molecular complexity index is 940. The van der Waals surface area contributed by atoms with E-state index < -0.39 is 23.3 Å². The molecule has 1 aliphatic rings. The second-order valence-electron chi connectivity index (χ2n) is 8.28. The molecule has 3 rings (SSSR count). The third kappa shape index (κ3) is 5.75. The zero-order valence-corrected chi connectivity index (χ0v) is 17.1. The highest BCUT2D eigenvalue weighted by Crippen LogP contribution is 2.21. The number of nitrogens with zero attached hydrogens (tertiary/aromatic N) is 2. The Hall–Kier alpha value is -3.03. The summed E-state index contributed by atoms with van der Waals surface area (Å²) in [5, 5.41) is 6.83. The van der Waals surface area contributed by atoms with E-state index in [1.807, 2.05) is 20.8 Å². The molecule has 1 atom stereocenters. The standard InChI is InChI=1S/C22H24F3N3O2/c1-22(2,3)26-21(29)28(12-14-4-6-15(23)7-5-14)13-17-11-20(27-30-17)18-9-8-16(24)10-19(18)25/h4-10,17H,11-13H2,1-3H3,(H,26,29). The maximum atomic E-state index is 14.0. The number of halogens is 3. The molecule has 0 fully saturated rings. The molecule has 8 heteroatoms. The van der Waals surface area contributed by atoms with Crippen LogP contribution in [0, 0.1) is 17.5 Å². The Balaban J connectivity index is 1.71. The second kappa shape index (κ2) is 8.77. The molecule has 0 aromatic heterocycles. The maximum absolute atomic E-state index is 14.0. The lowest BCUT2D eigenvalue weighted by molar-refractivity contribution is 0.0580. The predicted molar refractivity (Wildman–Crippen MR) is 107 cm³/mol. The zero-order chi connectivity index (χ0) is 21.9. The summed E-state index contributed by atoms with van der Waals surface area (Å²) < 4.78 is 40.4. The molecule has 30 heavy (non-hydrogen) atoms. The normalized spacial score (nSPS) is 16.1. The van der Waals surface area contributed by atoms with Gasteiger partial charge in [0.2, 0.25) is 0 Å². The smallest absolute Gasteiger partial charge is 0.318 e. The number of carbonyl (C=O) groups excluding carboxylic acids is 1.